The summed E-state index contributed by atoms with van der Waals surface area (Å²) in [5.41, 5.74) is 0.926. The molecule has 1 aromatic carbocycles. The molecule has 2 heterocycles. The second-order valence-electron chi connectivity index (χ2n) is 4.36. The van der Waals surface area contributed by atoms with Crippen LogP contribution in [0, 0.1) is 0 Å². The third-order valence-electron chi connectivity index (χ3n) is 2.89. The number of aromatic nitrogens is 5. The van der Waals surface area contributed by atoms with Crippen LogP contribution in [0.25, 0.3) is 11.9 Å². The number of nitrogens with zero attached hydrogens (tertiary/aromatic N) is 5. The first-order valence-electron chi connectivity index (χ1n) is 6.48. The highest BCUT2D eigenvalue weighted by Gasteiger charge is 2.01. The lowest BCUT2D eigenvalue weighted by atomic mass is 10.2. The molecule has 6 nitrogen and oxygen atoms in total. The van der Waals surface area contributed by atoms with E-state index in [0.717, 1.165) is 5.56 Å². The van der Waals surface area contributed by atoms with Crippen molar-refractivity contribution in [3.8, 4) is 5.82 Å². The van der Waals surface area contributed by atoms with Crippen molar-refractivity contribution in [2.45, 2.75) is 6.54 Å². The Hall–Kier alpha value is -3.02. The molecule has 0 aliphatic carbocycles. The van der Waals surface area contributed by atoms with Crippen LogP contribution in [-0.2, 0) is 6.54 Å². The third-order valence-corrected chi connectivity index (χ3v) is 2.89. The zero-order valence-corrected chi connectivity index (χ0v) is 11.2. The van der Waals surface area contributed by atoms with Gasteiger partial charge in [-0.2, -0.15) is 5.10 Å². The Balaban J connectivity index is 1.81. The number of rotatable bonds is 4. The van der Waals surface area contributed by atoms with Crippen LogP contribution < -0.4 is 5.56 Å². The van der Waals surface area contributed by atoms with Gasteiger partial charge in [-0.1, -0.05) is 42.5 Å². The zero-order valence-electron chi connectivity index (χ0n) is 11.2. The minimum absolute atomic E-state index is 0.156. The van der Waals surface area contributed by atoms with Gasteiger partial charge in [-0.05, 0) is 11.6 Å². The van der Waals surface area contributed by atoms with E-state index in [0.29, 0.717) is 12.4 Å². The van der Waals surface area contributed by atoms with E-state index in [1.54, 1.807) is 6.07 Å². The van der Waals surface area contributed by atoms with Crippen molar-refractivity contribution < 1.29 is 0 Å². The summed E-state index contributed by atoms with van der Waals surface area (Å²) in [7, 11) is 0. The third kappa shape index (κ3) is 3.11. The van der Waals surface area contributed by atoms with Gasteiger partial charge in [0.15, 0.2) is 5.82 Å². The summed E-state index contributed by atoms with van der Waals surface area (Å²) in [4.78, 5) is 15.7. The van der Waals surface area contributed by atoms with Crippen molar-refractivity contribution >= 4 is 6.08 Å². The molecule has 0 spiro atoms. The van der Waals surface area contributed by atoms with Crippen molar-refractivity contribution in [2.24, 2.45) is 0 Å². The summed E-state index contributed by atoms with van der Waals surface area (Å²) < 4.78 is 2.90. The van der Waals surface area contributed by atoms with Gasteiger partial charge in [-0.3, -0.25) is 4.79 Å². The molecule has 0 saturated heterocycles. The molecule has 2 aromatic heterocycles. The van der Waals surface area contributed by atoms with Crippen LogP contribution in [-0.4, -0.2) is 24.5 Å². The summed E-state index contributed by atoms with van der Waals surface area (Å²) in [5.74, 6) is 0.556. The largest absolute Gasteiger partial charge is 0.268 e. The molecule has 0 radical (unpaired) electrons. The van der Waals surface area contributed by atoms with Gasteiger partial charge in [-0.15, -0.1) is 5.10 Å². The fourth-order valence-corrected chi connectivity index (χ4v) is 1.87. The van der Waals surface area contributed by atoms with E-state index >= 15 is 0 Å². The Morgan fingerprint density at radius 2 is 1.95 bits per heavy atom. The Bertz CT molecular complexity index is 790. The molecule has 0 atom stereocenters. The van der Waals surface area contributed by atoms with Crippen LogP contribution in [0.1, 0.15) is 5.56 Å². The lowest BCUT2D eigenvalue weighted by Gasteiger charge is -2.03. The number of hydrogen-bond acceptors (Lipinski definition) is 4. The molecule has 0 N–H and O–H groups in total. The summed E-state index contributed by atoms with van der Waals surface area (Å²) in [6.07, 6.45) is 6.81. The minimum Gasteiger partial charge on any atom is -0.268 e. The van der Waals surface area contributed by atoms with E-state index in [9.17, 15) is 4.79 Å². The summed E-state index contributed by atoms with van der Waals surface area (Å²) >= 11 is 0. The smallest absolute Gasteiger partial charge is 0.267 e. The highest BCUT2D eigenvalue weighted by atomic mass is 16.1. The van der Waals surface area contributed by atoms with E-state index in [2.05, 4.69) is 15.2 Å². The molecule has 0 fully saturated rings. The van der Waals surface area contributed by atoms with Crippen molar-refractivity contribution in [1.82, 2.24) is 24.5 Å². The fourth-order valence-electron chi connectivity index (χ4n) is 1.87. The zero-order chi connectivity index (χ0) is 14.5. The average molecular weight is 279 g/mol. The Morgan fingerprint density at radius 1 is 1.10 bits per heavy atom. The molecule has 0 aliphatic heterocycles. The predicted molar refractivity (Wildman–Crippen MR) is 78.9 cm³/mol. The highest BCUT2D eigenvalue weighted by molar-refractivity contribution is 5.48. The van der Waals surface area contributed by atoms with Gasteiger partial charge in [0, 0.05) is 6.07 Å². The molecule has 21 heavy (non-hydrogen) atoms. The van der Waals surface area contributed by atoms with Gasteiger partial charge in [0.05, 0.1) is 6.54 Å². The minimum atomic E-state index is -0.156. The van der Waals surface area contributed by atoms with Crippen LogP contribution in [0.15, 0.2) is 66.0 Å². The molecule has 0 amide bonds. The maximum absolute atomic E-state index is 11.8. The van der Waals surface area contributed by atoms with Crippen molar-refractivity contribution in [3.05, 3.63) is 77.1 Å². The van der Waals surface area contributed by atoms with E-state index in [-0.39, 0.29) is 5.56 Å². The quantitative estimate of drug-likeness (QED) is 0.726. The van der Waals surface area contributed by atoms with E-state index in [4.69, 9.17) is 0 Å². The standard InChI is InChI=1S/C15H13N5O/c21-15-9-8-14(20-12-16-11-17-20)18-19(15)10-4-7-13-5-2-1-3-6-13/h1-9,11-12H,10H2/b7-4+. The summed E-state index contributed by atoms with van der Waals surface area (Å²) in [5, 5.41) is 8.25. The van der Waals surface area contributed by atoms with Gasteiger partial charge in [0.2, 0.25) is 0 Å². The molecule has 0 bridgehead atoms. The van der Waals surface area contributed by atoms with Crippen molar-refractivity contribution in [2.75, 3.05) is 0 Å². The molecule has 0 aliphatic rings. The van der Waals surface area contributed by atoms with E-state index in [1.807, 2.05) is 42.5 Å². The van der Waals surface area contributed by atoms with E-state index in [1.165, 1.54) is 28.1 Å². The van der Waals surface area contributed by atoms with Crippen LogP contribution in [0.5, 0.6) is 0 Å². The molecule has 0 saturated carbocycles. The van der Waals surface area contributed by atoms with Gasteiger partial charge in [0.1, 0.15) is 12.7 Å². The maximum atomic E-state index is 11.8. The number of allylic oxidation sites excluding steroid dienone is 1. The molecule has 3 aromatic rings. The second-order valence-corrected chi connectivity index (χ2v) is 4.36. The lowest BCUT2D eigenvalue weighted by Crippen LogP contribution is -2.22. The molecule has 6 heteroatoms. The maximum Gasteiger partial charge on any atom is 0.267 e. The van der Waals surface area contributed by atoms with Gasteiger partial charge in [-0.25, -0.2) is 14.3 Å². The van der Waals surface area contributed by atoms with Crippen LogP contribution >= 0.6 is 0 Å². The SMILES string of the molecule is O=c1ccc(-n2cncn2)nn1C/C=C/c1ccccc1. The van der Waals surface area contributed by atoms with Gasteiger partial charge < -0.3 is 0 Å². The Labute approximate surface area is 121 Å². The molecular formula is C15H13N5O. The van der Waals surface area contributed by atoms with E-state index < -0.39 is 0 Å². The van der Waals surface area contributed by atoms with Gasteiger partial charge in [0.25, 0.3) is 5.56 Å². The molecular weight excluding hydrogens is 266 g/mol. The van der Waals surface area contributed by atoms with Crippen LogP contribution in [0.3, 0.4) is 0 Å². The van der Waals surface area contributed by atoms with Crippen molar-refractivity contribution in [1.29, 1.82) is 0 Å². The highest BCUT2D eigenvalue weighted by Crippen LogP contribution is 2.01. The first-order chi connectivity index (χ1) is 10.3. The van der Waals surface area contributed by atoms with Crippen LogP contribution in [0.4, 0.5) is 0 Å². The molecule has 0 unspecified atom stereocenters. The first kappa shape index (κ1) is 13.0. The molecule has 3 rings (SSSR count). The predicted octanol–water partition coefficient (Wildman–Crippen LogP) is 1.54. The number of hydrogen-bond donors (Lipinski definition) is 0. The number of benzene rings is 1. The summed E-state index contributed by atoms with van der Waals surface area (Å²) in [6, 6.07) is 13.0. The Morgan fingerprint density at radius 3 is 2.71 bits per heavy atom. The molecule has 104 valence electrons. The Kier molecular flexibility index (Phi) is 3.68. The lowest BCUT2D eigenvalue weighted by molar-refractivity contribution is 0.630. The monoisotopic (exact) mass is 279 g/mol. The first-order valence-corrected chi connectivity index (χ1v) is 6.48. The fraction of sp³-hybridized carbons (Fsp3) is 0.0667. The summed E-state index contributed by atoms with van der Waals surface area (Å²) in [6.45, 7) is 0.399. The van der Waals surface area contributed by atoms with Crippen molar-refractivity contribution in [3.63, 3.8) is 0 Å². The second kappa shape index (κ2) is 5.96. The normalized spacial score (nSPS) is 11.0. The van der Waals surface area contributed by atoms with Crippen LogP contribution in [0.2, 0.25) is 0 Å². The van der Waals surface area contributed by atoms with Gasteiger partial charge >= 0.3 is 0 Å². The average Bonchev–Trinajstić information content (AvgIpc) is 3.04. The topological polar surface area (TPSA) is 65.6 Å².